The topological polar surface area (TPSA) is 68.2 Å². The van der Waals surface area contributed by atoms with Gasteiger partial charge in [0.1, 0.15) is 5.70 Å². The van der Waals surface area contributed by atoms with Crippen LogP contribution in [0, 0.1) is 11.8 Å². The molecular weight excluding hydrogens is 306 g/mol. The van der Waals surface area contributed by atoms with Crippen LogP contribution in [0.1, 0.15) is 19.8 Å². The van der Waals surface area contributed by atoms with Crippen molar-refractivity contribution >= 4 is 19.4 Å². The molecular formula is C17H27N5O2. The number of allylic oxidation sites excluding steroid dienone is 1. The van der Waals surface area contributed by atoms with Crippen LogP contribution in [0.15, 0.2) is 16.5 Å². The molecule has 1 N–H and O–H groups in total. The first-order chi connectivity index (χ1) is 11.6. The number of rotatable bonds is 9. The van der Waals surface area contributed by atoms with Gasteiger partial charge in [0.15, 0.2) is 12.1 Å². The van der Waals surface area contributed by atoms with Crippen LogP contribution in [-0.4, -0.2) is 80.6 Å². The predicted molar refractivity (Wildman–Crippen MR) is 95.1 cm³/mol. The number of piperidine rings is 1. The Labute approximate surface area is 144 Å². The Morgan fingerprint density at radius 2 is 2.25 bits per heavy atom. The Hall–Kier alpha value is -2.17. The van der Waals surface area contributed by atoms with Gasteiger partial charge in [-0.2, -0.15) is 0 Å². The zero-order valence-corrected chi connectivity index (χ0v) is 14.8. The summed E-state index contributed by atoms with van der Waals surface area (Å²) in [7, 11) is 3.51. The molecule has 0 aromatic carbocycles. The molecule has 7 heteroatoms. The number of hydrogen-bond acceptors (Lipinski definition) is 6. The molecule has 1 heterocycles. The SMILES string of the molecule is C=N/C(=C(/C=O)N(CC#CC)CN1CCCC(NC)C1)N(C)C=O. The van der Waals surface area contributed by atoms with Gasteiger partial charge in [0.25, 0.3) is 0 Å². The Morgan fingerprint density at radius 3 is 2.79 bits per heavy atom. The van der Waals surface area contributed by atoms with Crippen molar-refractivity contribution in [3.8, 4) is 11.8 Å². The van der Waals surface area contributed by atoms with Gasteiger partial charge in [0.05, 0.1) is 13.2 Å². The minimum absolute atomic E-state index is 0.236. The van der Waals surface area contributed by atoms with Crippen LogP contribution in [0.4, 0.5) is 0 Å². The summed E-state index contributed by atoms with van der Waals surface area (Å²) in [6.07, 6.45) is 3.56. The van der Waals surface area contributed by atoms with Crippen molar-refractivity contribution in [3.05, 3.63) is 11.5 Å². The molecule has 1 aliphatic rings. The van der Waals surface area contributed by atoms with Crippen molar-refractivity contribution in [2.24, 2.45) is 4.99 Å². The first-order valence-electron chi connectivity index (χ1n) is 7.99. The summed E-state index contributed by atoms with van der Waals surface area (Å²) < 4.78 is 0. The highest BCUT2D eigenvalue weighted by Crippen LogP contribution is 2.15. The number of carbonyl (C=O) groups is 2. The number of nitrogens with zero attached hydrogens (tertiary/aromatic N) is 4. The lowest BCUT2D eigenvalue weighted by molar-refractivity contribution is -0.115. The third-order valence-corrected chi connectivity index (χ3v) is 4.05. The van der Waals surface area contributed by atoms with Crippen LogP contribution >= 0.6 is 0 Å². The molecule has 0 bridgehead atoms. The van der Waals surface area contributed by atoms with Crippen molar-refractivity contribution in [1.82, 2.24) is 20.0 Å². The van der Waals surface area contributed by atoms with Crippen molar-refractivity contribution in [2.45, 2.75) is 25.8 Å². The maximum atomic E-state index is 11.7. The van der Waals surface area contributed by atoms with Crippen LogP contribution in [-0.2, 0) is 9.59 Å². The second kappa shape index (κ2) is 10.6. The van der Waals surface area contributed by atoms with Gasteiger partial charge in [-0.25, -0.2) is 4.99 Å². The number of likely N-dealkylation sites (N-methyl/N-ethyl adjacent to an activating group) is 1. The molecule has 1 unspecified atom stereocenters. The minimum atomic E-state index is 0.236. The van der Waals surface area contributed by atoms with Gasteiger partial charge in [-0.1, -0.05) is 5.92 Å². The molecule has 0 radical (unpaired) electrons. The molecule has 7 nitrogen and oxygen atoms in total. The number of amides is 1. The maximum absolute atomic E-state index is 11.7. The van der Waals surface area contributed by atoms with E-state index in [0.29, 0.717) is 37.6 Å². The Bertz CT molecular complexity index is 535. The van der Waals surface area contributed by atoms with Crippen LogP contribution in [0.25, 0.3) is 0 Å². The number of likely N-dealkylation sites (tertiary alicyclic amines) is 1. The van der Waals surface area contributed by atoms with Gasteiger partial charge in [0, 0.05) is 19.6 Å². The van der Waals surface area contributed by atoms with Gasteiger partial charge in [-0.15, -0.1) is 5.92 Å². The summed E-state index contributed by atoms with van der Waals surface area (Å²) in [5.74, 6) is 6.07. The molecule has 1 saturated heterocycles. The van der Waals surface area contributed by atoms with Gasteiger partial charge in [-0.05, 0) is 40.1 Å². The molecule has 1 fully saturated rings. The lowest BCUT2D eigenvalue weighted by Crippen LogP contribution is -2.48. The lowest BCUT2D eigenvalue weighted by atomic mass is 10.1. The molecule has 1 amide bonds. The number of aldehydes is 1. The number of nitrogens with one attached hydrogen (secondary N) is 1. The largest absolute Gasteiger partial charge is 0.342 e. The molecule has 0 spiro atoms. The molecule has 0 saturated carbocycles. The normalized spacial score (nSPS) is 18.7. The first kappa shape index (κ1) is 19.9. The Kier molecular flexibility index (Phi) is 8.76. The van der Waals surface area contributed by atoms with Crippen molar-refractivity contribution in [1.29, 1.82) is 0 Å². The Morgan fingerprint density at radius 1 is 1.50 bits per heavy atom. The molecule has 24 heavy (non-hydrogen) atoms. The lowest BCUT2D eigenvalue weighted by Gasteiger charge is -2.37. The third kappa shape index (κ3) is 5.48. The molecule has 0 aliphatic carbocycles. The van der Waals surface area contributed by atoms with E-state index in [0.717, 1.165) is 25.9 Å². The number of aliphatic imine (C=N–C) groups is 1. The fourth-order valence-electron chi connectivity index (χ4n) is 2.74. The summed E-state index contributed by atoms with van der Waals surface area (Å²) in [5.41, 5.74) is 0.314. The minimum Gasteiger partial charge on any atom is -0.342 e. The van der Waals surface area contributed by atoms with Crippen molar-refractivity contribution < 1.29 is 9.59 Å². The standard InChI is InChI=1S/C17H27N5O2/c1-5-6-10-22(13-21-9-7-8-15(11-21)18-2)16(12-23)17(19-3)20(4)14-24/h12,14-15,18H,3,7-11,13H2,1-2,4H3/b17-16+. The highest BCUT2D eigenvalue weighted by molar-refractivity contribution is 5.75. The summed E-state index contributed by atoms with van der Waals surface area (Å²) in [6, 6.07) is 0.441. The second-order valence-electron chi connectivity index (χ2n) is 5.67. The molecule has 132 valence electrons. The van der Waals surface area contributed by atoms with Crippen LogP contribution in [0.3, 0.4) is 0 Å². The van der Waals surface area contributed by atoms with E-state index in [1.807, 2.05) is 11.9 Å². The monoisotopic (exact) mass is 333 g/mol. The van der Waals surface area contributed by atoms with E-state index in [-0.39, 0.29) is 5.82 Å². The fourth-order valence-corrected chi connectivity index (χ4v) is 2.74. The van der Waals surface area contributed by atoms with Crippen LogP contribution in [0.2, 0.25) is 0 Å². The van der Waals surface area contributed by atoms with Crippen LogP contribution < -0.4 is 5.32 Å². The smallest absolute Gasteiger partial charge is 0.215 e. The highest BCUT2D eigenvalue weighted by atomic mass is 16.1. The fraction of sp³-hybridized carbons (Fsp3) is 0.588. The van der Waals surface area contributed by atoms with E-state index in [4.69, 9.17) is 0 Å². The van der Waals surface area contributed by atoms with E-state index in [1.165, 1.54) is 4.90 Å². The third-order valence-electron chi connectivity index (χ3n) is 4.05. The second-order valence-corrected chi connectivity index (χ2v) is 5.67. The first-order valence-corrected chi connectivity index (χ1v) is 7.99. The van der Waals surface area contributed by atoms with Gasteiger partial charge in [-0.3, -0.25) is 14.5 Å². The Balaban J connectivity index is 3.06. The molecule has 1 rings (SSSR count). The summed E-state index contributed by atoms with van der Waals surface area (Å²) in [4.78, 5) is 32.0. The molecule has 0 aromatic heterocycles. The molecule has 1 aliphatic heterocycles. The number of hydrogen-bond donors (Lipinski definition) is 1. The molecule has 1 atom stereocenters. The zero-order chi connectivity index (χ0) is 17.9. The summed E-state index contributed by atoms with van der Waals surface area (Å²) in [6.45, 7) is 8.03. The quantitative estimate of drug-likeness (QED) is 0.281. The highest BCUT2D eigenvalue weighted by Gasteiger charge is 2.23. The van der Waals surface area contributed by atoms with Gasteiger partial charge in [0.2, 0.25) is 6.41 Å². The van der Waals surface area contributed by atoms with E-state index >= 15 is 0 Å². The van der Waals surface area contributed by atoms with Crippen LogP contribution in [0.5, 0.6) is 0 Å². The van der Waals surface area contributed by atoms with Gasteiger partial charge >= 0.3 is 0 Å². The average Bonchev–Trinajstić information content (AvgIpc) is 2.62. The maximum Gasteiger partial charge on any atom is 0.215 e. The van der Waals surface area contributed by atoms with E-state index in [2.05, 4.69) is 33.8 Å². The van der Waals surface area contributed by atoms with E-state index in [1.54, 1.807) is 14.0 Å². The zero-order valence-electron chi connectivity index (χ0n) is 14.8. The van der Waals surface area contributed by atoms with E-state index in [9.17, 15) is 9.59 Å². The molecule has 0 aromatic rings. The predicted octanol–water partition coefficient (Wildman–Crippen LogP) is 0.110. The van der Waals surface area contributed by atoms with E-state index < -0.39 is 0 Å². The summed E-state index contributed by atoms with van der Waals surface area (Å²) in [5, 5.41) is 3.30. The van der Waals surface area contributed by atoms with Crippen molar-refractivity contribution in [2.75, 3.05) is 40.4 Å². The number of carbonyl (C=O) groups excluding carboxylic acids is 2. The average molecular weight is 333 g/mol. The van der Waals surface area contributed by atoms with Gasteiger partial charge < -0.3 is 15.1 Å². The summed E-state index contributed by atoms with van der Waals surface area (Å²) >= 11 is 0. The van der Waals surface area contributed by atoms with Crippen molar-refractivity contribution in [3.63, 3.8) is 0 Å².